The van der Waals surface area contributed by atoms with E-state index in [1.807, 2.05) is 30.8 Å². The molecule has 1 N–H and O–H groups in total. The van der Waals surface area contributed by atoms with Gasteiger partial charge in [0.25, 0.3) is 0 Å². The quantitative estimate of drug-likeness (QED) is 0.730. The third-order valence-electron chi connectivity index (χ3n) is 3.88. The molecule has 0 aromatic heterocycles. The lowest BCUT2D eigenvalue weighted by Crippen LogP contribution is -2.37. The van der Waals surface area contributed by atoms with Crippen LogP contribution in [0.1, 0.15) is 45.2 Å². The first kappa shape index (κ1) is 17.0. The van der Waals surface area contributed by atoms with E-state index in [0.29, 0.717) is 0 Å². The summed E-state index contributed by atoms with van der Waals surface area (Å²) in [5, 5.41) is 3.48. The van der Waals surface area contributed by atoms with Gasteiger partial charge in [0, 0.05) is 27.4 Å². The number of hydrogen-bond acceptors (Lipinski definition) is 2. The molecule has 0 spiro atoms. The zero-order valence-electron chi connectivity index (χ0n) is 12.1. The van der Waals surface area contributed by atoms with Crippen LogP contribution in [0.5, 0.6) is 0 Å². The van der Waals surface area contributed by atoms with E-state index in [2.05, 4.69) is 41.3 Å². The molecule has 0 aliphatic heterocycles. The Bertz CT molecular complexity index is 399. The summed E-state index contributed by atoms with van der Waals surface area (Å²) in [5.74, 6) is -0.155. The topological polar surface area (TPSA) is 12.0 Å². The minimum absolute atomic E-state index is 0.0257. The van der Waals surface area contributed by atoms with Gasteiger partial charge in [-0.05, 0) is 38.2 Å². The molecule has 108 valence electrons. The summed E-state index contributed by atoms with van der Waals surface area (Å²) < 4.78 is 14.9. The van der Waals surface area contributed by atoms with Gasteiger partial charge < -0.3 is 5.32 Å². The molecule has 1 aromatic carbocycles. The van der Waals surface area contributed by atoms with Crippen molar-refractivity contribution in [3.8, 4) is 0 Å². The van der Waals surface area contributed by atoms with Gasteiger partial charge >= 0.3 is 0 Å². The smallest absolute Gasteiger partial charge is 0.129 e. The van der Waals surface area contributed by atoms with Crippen LogP contribution in [-0.2, 0) is 0 Å². The summed E-state index contributed by atoms with van der Waals surface area (Å²) in [4.78, 5) is 0. The highest BCUT2D eigenvalue weighted by atomic mass is 79.9. The summed E-state index contributed by atoms with van der Waals surface area (Å²) in [6.07, 6.45) is 4.39. The second-order valence-corrected chi connectivity index (χ2v) is 7.05. The van der Waals surface area contributed by atoms with Gasteiger partial charge in [-0.2, -0.15) is 11.8 Å². The van der Waals surface area contributed by atoms with E-state index in [1.165, 1.54) is 6.07 Å². The Balaban J connectivity index is 2.72. The molecule has 0 saturated carbocycles. The monoisotopic (exact) mass is 347 g/mol. The summed E-state index contributed by atoms with van der Waals surface area (Å²) in [6, 6.07) is 5.28. The minimum Gasteiger partial charge on any atom is -0.309 e. The lowest BCUT2D eigenvalue weighted by Gasteiger charge is -2.31. The molecule has 0 saturated heterocycles. The molecule has 1 rings (SSSR count). The first-order valence-electron chi connectivity index (χ1n) is 6.71. The summed E-state index contributed by atoms with van der Waals surface area (Å²) in [6.45, 7) is 7.35. The van der Waals surface area contributed by atoms with Crippen molar-refractivity contribution in [3.63, 3.8) is 0 Å². The van der Waals surface area contributed by atoms with Crippen molar-refractivity contribution in [1.29, 1.82) is 0 Å². The van der Waals surface area contributed by atoms with Gasteiger partial charge in [-0.15, -0.1) is 0 Å². The van der Waals surface area contributed by atoms with Crippen molar-refractivity contribution in [1.82, 2.24) is 5.32 Å². The zero-order chi connectivity index (χ0) is 14.5. The molecule has 0 aliphatic carbocycles. The Labute approximate surface area is 128 Å². The van der Waals surface area contributed by atoms with Gasteiger partial charge in [-0.1, -0.05) is 35.8 Å². The fourth-order valence-electron chi connectivity index (χ4n) is 2.16. The normalized spacial score (nSPS) is 13.6. The minimum atomic E-state index is -0.155. The summed E-state index contributed by atoms with van der Waals surface area (Å²) >= 11 is 5.18. The molecule has 0 bridgehead atoms. The fraction of sp³-hybridized carbons (Fsp3) is 0.600. The van der Waals surface area contributed by atoms with E-state index >= 15 is 0 Å². The van der Waals surface area contributed by atoms with E-state index in [0.717, 1.165) is 29.4 Å². The molecule has 0 fully saturated rings. The van der Waals surface area contributed by atoms with Crippen LogP contribution in [0, 0.1) is 5.82 Å². The van der Waals surface area contributed by atoms with Crippen molar-refractivity contribution in [2.45, 2.75) is 44.4 Å². The highest BCUT2D eigenvalue weighted by molar-refractivity contribution is 9.10. The number of nitrogens with one attached hydrogen (secondary N) is 1. The highest BCUT2D eigenvalue weighted by Crippen LogP contribution is 2.30. The highest BCUT2D eigenvalue weighted by Gasteiger charge is 2.25. The SMILES string of the molecule is CCC(CC)(CNC(C)c1ccc(Br)cc1F)SC. The van der Waals surface area contributed by atoms with Crippen molar-refractivity contribution in [2.24, 2.45) is 0 Å². The van der Waals surface area contributed by atoms with Crippen LogP contribution >= 0.6 is 27.7 Å². The molecule has 0 heterocycles. The van der Waals surface area contributed by atoms with Crippen molar-refractivity contribution in [3.05, 3.63) is 34.1 Å². The lowest BCUT2D eigenvalue weighted by molar-refractivity contribution is 0.450. The van der Waals surface area contributed by atoms with Crippen LogP contribution in [0.3, 0.4) is 0 Å². The Morgan fingerprint density at radius 2 is 2.00 bits per heavy atom. The Kier molecular flexibility index (Phi) is 6.84. The molecule has 1 unspecified atom stereocenters. The first-order chi connectivity index (χ1) is 8.98. The molecule has 19 heavy (non-hydrogen) atoms. The molecule has 1 nitrogen and oxygen atoms in total. The average molecular weight is 348 g/mol. The molecule has 1 aromatic rings. The maximum atomic E-state index is 13.9. The molecular formula is C15H23BrFNS. The van der Waals surface area contributed by atoms with Crippen molar-refractivity contribution >= 4 is 27.7 Å². The summed E-state index contributed by atoms with van der Waals surface area (Å²) in [5.41, 5.74) is 0.727. The van der Waals surface area contributed by atoms with Gasteiger partial charge in [0.1, 0.15) is 5.82 Å². The number of hydrogen-bond donors (Lipinski definition) is 1. The van der Waals surface area contributed by atoms with E-state index in [9.17, 15) is 4.39 Å². The third kappa shape index (κ3) is 4.47. The molecule has 0 radical (unpaired) electrons. The second kappa shape index (κ2) is 7.65. The number of benzene rings is 1. The molecule has 0 aliphatic rings. The van der Waals surface area contributed by atoms with E-state index < -0.39 is 0 Å². The fourth-order valence-corrected chi connectivity index (χ4v) is 3.30. The predicted octanol–water partition coefficient (Wildman–Crippen LogP) is 5.16. The summed E-state index contributed by atoms with van der Waals surface area (Å²) in [7, 11) is 0. The van der Waals surface area contributed by atoms with Gasteiger partial charge in [0.2, 0.25) is 0 Å². The van der Waals surface area contributed by atoms with Crippen LogP contribution < -0.4 is 5.32 Å². The largest absolute Gasteiger partial charge is 0.309 e. The second-order valence-electron chi connectivity index (χ2n) is 4.86. The van der Waals surface area contributed by atoms with Crippen molar-refractivity contribution < 1.29 is 4.39 Å². The first-order valence-corrected chi connectivity index (χ1v) is 8.73. The number of thioether (sulfide) groups is 1. The van der Waals surface area contributed by atoms with E-state index in [4.69, 9.17) is 0 Å². The standard InChI is InChI=1S/C15H23BrFNS/c1-5-15(6-2,19-4)10-18-11(3)13-8-7-12(16)9-14(13)17/h7-9,11,18H,5-6,10H2,1-4H3. The van der Waals surface area contributed by atoms with E-state index in [-0.39, 0.29) is 16.6 Å². The maximum absolute atomic E-state index is 13.9. The number of rotatable bonds is 7. The van der Waals surface area contributed by atoms with Crippen LogP contribution in [0.2, 0.25) is 0 Å². The van der Waals surface area contributed by atoms with Crippen LogP contribution in [0.15, 0.2) is 22.7 Å². The maximum Gasteiger partial charge on any atom is 0.129 e. The van der Waals surface area contributed by atoms with Gasteiger partial charge in [0.05, 0.1) is 0 Å². The lowest BCUT2D eigenvalue weighted by atomic mass is 10.0. The molecule has 1 atom stereocenters. The van der Waals surface area contributed by atoms with Crippen LogP contribution in [-0.4, -0.2) is 17.5 Å². The zero-order valence-corrected chi connectivity index (χ0v) is 14.5. The molecule has 4 heteroatoms. The van der Waals surface area contributed by atoms with Gasteiger partial charge in [-0.3, -0.25) is 0 Å². The van der Waals surface area contributed by atoms with Crippen LogP contribution in [0.4, 0.5) is 4.39 Å². The van der Waals surface area contributed by atoms with Gasteiger partial charge in [0.15, 0.2) is 0 Å². The average Bonchev–Trinajstić information content (AvgIpc) is 2.40. The number of halogens is 2. The van der Waals surface area contributed by atoms with E-state index in [1.54, 1.807) is 0 Å². The third-order valence-corrected chi connectivity index (χ3v) is 5.96. The Morgan fingerprint density at radius 3 is 2.47 bits per heavy atom. The molecular weight excluding hydrogens is 325 g/mol. The van der Waals surface area contributed by atoms with Crippen molar-refractivity contribution in [2.75, 3.05) is 12.8 Å². The predicted molar refractivity (Wildman–Crippen MR) is 87.3 cm³/mol. The van der Waals surface area contributed by atoms with Crippen LogP contribution in [0.25, 0.3) is 0 Å². The Morgan fingerprint density at radius 1 is 1.37 bits per heavy atom. The Hall–Kier alpha value is -0.0600. The molecule has 0 amide bonds. The van der Waals surface area contributed by atoms with Gasteiger partial charge in [-0.25, -0.2) is 4.39 Å².